The van der Waals surface area contributed by atoms with Crippen molar-refractivity contribution in [3.05, 3.63) is 83.9 Å². The molecule has 0 aliphatic carbocycles. The zero-order valence-electron chi connectivity index (χ0n) is 21.8. The molecule has 4 rings (SSSR count). The van der Waals surface area contributed by atoms with Crippen molar-refractivity contribution in [3.63, 3.8) is 0 Å². The number of ether oxygens (including phenoxy) is 2. The van der Waals surface area contributed by atoms with Crippen molar-refractivity contribution >= 4 is 33.2 Å². The number of hydrogen-bond acceptors (Lipinski definition) is 7. The maximum atomic E-state index is 12.3. The van der Waals surface area contributed by atoms with Crippen LogP contribution in [0.1, 0.15) is 44.5 Å². The van der Waals surface area contributed by atoms with Crippen molar-refractivity contribution < 1.29 is 27.1 Å². The number of furan rings is 1. The van der Waals surface area contributed by atoms with Gasteiger partial charge in [-0.3, -0.25) is 9.78 Å². The molecule has 2 aromatic heterocycles. The van der Waals surface area contributed by atoms with E-state index in [0.29, 0.717) is 23.6 Å². The summed E-state index contributed by atoms with van der Waals surface area (Å²) in [5.41, 5.74) is 4.49. The third-order valence-electron chi connectivity index (χ3n) is 5.86. The van der Waals surface area contributed by atoms with Crippen LogP contribution in [-0.2, 0) is 32.6 Å². The first-order chi connectivity index (χ1) is 18.1. The molecule has 0 spiro atoms. The molecular formula is C29H30N2O6S. The van der Waals surface area contributed by atoms with Crippen LogP contribution in [0, 0.1) is 0 Å². The predicted molar refractivity (Wildman–Crippen MR) is 147 cm³/mol. The Labute approximate surface area is 222 Å². The number of fused-ring (bicyclic) bond motifs is 1. The molecule has 0 aliphatic rings. The number of sulfonamides is 1. The number of esters is 1. The van der Waals surface area contributed by atoms with Crippen LogP contribution in [0.3, 0.4) is 0 Å². The average Bonchev–Trinajstić information content (AvgIpc) is 3.29. The quantitative estimate of drug-likeness (QED) is 0.199. The number of benzene rings is 2. The van der Waals surface area contributed by atoms with Crippen LogP contribution in [0.4, 0.5) is 0 Å². The smallest absolute Gasteiger partial charge is 0.310 e. The Kier molecular flexibility index (Phi) is 7.97. The highest BCUT2D eigenvalue weighted by Crippen LogP contribution is 2.29. The lowest BCUT2D eigenvalue weighted by Crippen LogP contribution is -2.25. The first kappa shape index (κ1) is 27.1. The molecule has 0 amide bonds. The van der Waals surface area contributed by atoms with Gasteiger partial charge in [-0.2, -0.15) is 4.40 Å². The summed E-state index contributed by atoms with van der Waals surface area (Å²) >= 11 is 0. The molecule has 0 N–H and O–H groups in total. The topological polar surface area (TPSA) is 108 Å². The minimum atomic E-state index is -3.67. The summed E-state index contributed by atoms with van der Waals surface area (Å²) in [5.74, 6) is 0.300. The first-order valence-corrected chi connectivity index (χ1v) is 13.6. The molecule has 2 aromatic carbocycles. The summed E-state index contributed by atoms with van der Waals surface area (Å²) in [6.45, 7) is 7.15. The standard InChI is InChI=1S/C29H30N2O6S/c1-5-35-28(32)16-22-8-6-7-9-26(22)36-18-23-19-37-27-11-10-20(15-25(23)27)21-12-13-30-24(14-21)17-31-38(33,34)29(2,3)4/h6-15,17,19H,5,16,18H2,1-4H3. The van der Waals surface area contributed by atoms with Crippen molar-refractivity contribution in [1.82, 2.24) is 4.98 Å². The lowest BCUT2D eigenvalue weighted by Gasteiger charge is -2.14. The molecule has 2 heterocycles. The van der Waals surface area contributed by atoms with Gasteiger partial charge in [-0.05, 0) is 69.2 Å². The van der Waals surface area contributed by atoms with Crippen molar-refractivity contribution in [2.24, 2.45) is 4.40 Å². The number of carbonyl (C=O) groups is 1. The summed E-state index contributed by atoms with van der Waals surface area (Å²) in [6, 6.07) is 16.8. The van der Waals surface area contributed by atoms with Crippen LogP contribution >= 0.6 is 0 Å². The summed E-state index contributed by atoms with van der Waals surface area (Å²) < 4.78 is 44.3. The number of rotatable bonds is 9. The number of pyridine rings is 1. The second kappa shape index (κ2) is 11.2. The Bertz CT molecular complexity index is 1580. The predicted octanol–water partition coefficient (Wildman–Crippen LogP) is 5.73. The minimum Gasteiger partial charge on any atom is -0.488 e. The fraction of sp³-hybridized carbons (Fsp3) is 0.276. The molecule has 0 saturated carbocycles. The Morgan fingerprint density at radius 3 is 2.58 bits per heavy atom. The third kappa shape index (κ3) is 6.28. The summed E-state index contributed by atoms with van der Waals surface area (Å²) in [6.07, 6.45) is 4.67. The van der Waals surface area contributed by atoms with E-state index in [-0.39, 0.29) is 19.0 Å². The van der Waals surface area contributed by atoms with Gasteiger partial charge in [0.15, 0.2) is 0 Å². The zero-order valence-corrected chi connectivity index (χ0v) is 22.6. The van der Waals surface area contributed by atoms with Crippen LogP contribution in [0.2, 0.25) is 0 Å². The van der Waals surface area contributed by atoms with Gasteiger partial charge in [-0.15, -0.1) is 0 Å². The van der Waals surface area contributed by atoms with E-state index >= 15 is 0 Å². The van der Waals surface area contributed by atoms with E-state index in [1.807, 2.05) is 48.5 Å². The molecule has 0 fully saturated rings. The summed E-state index contributed by atoms with van der Waals surface area (Å²) in [7, 11) is -3.67. The molecule has 0 atom stereocenters. The Morgan fingerprint density at radius 2 is 1.82 bits per heavy atom. The SMILES string of the molecule is CCOC(=O)Cc1ccccc1OCc1coc2ccc(-c3ccnc(C=NS(=O)(=O)C(C)(C)C)c3)cc12. The zero-order chi connectivity index (χ0) is 27.3. The molecule has 0 saturated heterocycles. The maximum absolute atomic E-state index is 12.3. The molecule has 0 aliphatic heterocycles. The highest BCUT2D eigenvalue weighted by atomic mass is 32.2. The van der Waals surface area contributed by atoms with E-state index in [9.17, 15) is 13.2 Å². The van der Waals surface area contributed by atoms with Crippen LogP contribution in [0.5, 0.6) is 5.75 Å². The van der Waals surface area contributed by atoms with Crippen LogP contribution in [-0.4, -0.2) is 36.9 Å². The van der Waals surface area contributed by atoms with Gasteiger partial charge in [-0.1, -0.05) is 24.3 Å². The maximum Gasteiger partial charge on any atom is 0.310 e. The monoisotopic (exact) mass is 534 g/mol. The van der Waals surface area contributed by atoms with Crippen LogP contribution in [0.15, 0.2) is 75.9 Å². The highest BCUT2D eigenvalue weighted by Gasteiger charge is 2.27. The second-order valence-corrected chi connectivity index (χ2v) is 12.0. The van der Waals surface area contributed by atoms with E-state index in [1.54, 1.807) is 46.2 Å². The van der Waals surface area contributed by atoms with Gasteiger partial charge in [-0.25, -0.2) is 8.42 Å². The first-order valence-electron chi connectivity index (χ1n) is 12.2. The van der Waals surface area contributed by atoms with E-state index in [2.05, 4.69) is 9.38 Å². The minimum absolute atomic E-state index is 0.130. The molecule has 4 aromatic rings. The fourth-order valence-electron chi connectivity index (χ4n) is 3.67. The summed E-state index contributed by atoms with van der Waals surface area (Å²) in [5, 5.41) is 0.882. The largest absolute Gasteiger partial charge is 0.488 e. The van der Waals surface area contributed by atoms with Gasteiger partial charge in [0.1, 0.15) is 17.9 Å². The molecule has 0 unspecified atom stereocenters. The number of aromatic nitrogens is 1. The van der Waals surface area contributed by atoms with Crippen molar-refractivity contribution in [2.45, 2.75) is 45.5 Å². The van der Waals surface area contributed by atoms with Crippen molar-refractivity contribution in [2.75, 3.05) is 6.61 Å². The van der Waals surface area contributed by atoms with E-state index < -0.39 is 14.8 Å². The number of para-hydroxylation sites is 1. The molecule has 9 heteroatoms. The van der Waals surface area contributed by atoms with E-state index in [0.717, 1.165) is 27.6 Å². The van der Waals surface area contributed by atoms with Gasteiger partial charge < -0.3 is 13.9 Å². The van der Waals surface area contributed by atoms with Crippen molar-refractivity contribution in [3.8, 4) is 16.9 Å². The van der Waals surface area contributed by atoms with Gasteiger partial charge in [0.2, 0.25) is 0 Å². The Balaban J connectivity index is 1.56. The lowest BCUT2D eigenvalue weighted by molar-refractivity contribution is -0.142. The highest BCUT2D eigenvalue weighted by molar-refractivity contribution is 7.91. The molecule has 198 valence electrons. The number of hydrogen-bond donors (Lipinski definition) is 0. The number of carbonyl (C=O) groups excluding carboxylic acids is 1. The van der Waals surface area contributed by atoms with Gasteiger partial charge in [0, 0.05) is 22.7 Å². The van der Waals surface area contributed by atoms with Crippen molar-refractivity contribution in [1.29, 1.82) is 0 Å². The van der Waals surface area contributed by atoms with E-state index in [1.165, 1.54) is 6.21 Å². The second-order valence-electron chi connectivity index (χ2n) is 9.64. The molecule has 38 heavy (non-hydrogen) atoms. The van der Waals surface area contributed by atoms with Gasteiger partial charge >= 0.3 is 5.97 Å². The van der Waals surface area contributed by atoms with Gasteiger partial charge in [0.25, 0.3) is 10.0 Å². The third-order valence-corrected chi connectivity index (χ3v) is 7.79. The molecule has 8 nitrogen and oxygen atoms in total. The Hall–Kier alpha value is -3.98. The normalized spacial score (nSPS) is 12.2. The molecular weight excluding hydrogens is 504 g/mol. The number of nitrogens with zero attached hydrogens (tertiary/aromatic N) is 2. The average molecular weight is 535 g/mol. The fourth-order valence-corrected chi connectivity index (χ4v) is 4.23. The van der Waals surface area contributed by atoms with E-state index in [4.69, 9.17) is 13.9 Å². The molecule has 0 radical (unpaired) electrons. The lowest BCUT2D eigenvalue weighted by atomic mass is 10.0. The van der Waals surface area contributed by atoms with Crippen LogP contribution in [0.25, 0.3) is 22.1 Å². The van der Waals surface area contributed by atoms with Gasteiger partial charge in [0.05, 0.1) is 35.9 Å². The Morgan fingerprint density at radius 1 is 1.05 bits per heavy atom. The molecule has 0 bridgehead atoms. The summed E-state index contributed by atoms with van der Waals surface area (Å²) in [4.78, 5) is 16.2. The van der Waals surface area contributed by atoms with Crippen LogP contribution < -0.4 is 4.74 Å².